The molecule has 0 aliphatic rings. The topological polar surface area (TPSA) is 65.4 Å². The van der Waals surface area contributed by atoms with Crippen LogP contribution in [0.15, 0.2) is 60.7 Å². The summed E-state index contributed by atoms with van der Waals surface area (Å²) in [5.74, 6) is 2.68. The van der Waals surface area contributed by atoms with Crippen LogP contribution in [0, 0.1) is 27.7 Å². The third-order valence-corrected chi connectivity index (χ3v) is 6.61. The van der Waals surface area contributed by atoms with Gasteiger partial charge in [-0.2, -0.15) is 0 Å². The molecule has 0 spiro atoms. The number of carbonyl (C=O) groups excluding carboxylic acids is 1. The Labute approximate surface area is 226 Å². The SMILES string of the molecule is Cc1cc(C)cc(OCCn2c(CCCCCNC(=O)COc3cc(C)ccc3C)nc3ccccc32)c1. The number of hydrogen-bond acceptors (Lipinski definition) is 4. The van der Waals surface area contributed by atoms with Gasteiger partial charge in [-0.25, -0.2) is 4.98 Å². The maximum absolute atomic E-state index is 12.2. The van der Waals surface area contributed by atoms with Crippen LogP contribution in [0.1, 0.15) is 47.3 Å². The molecule has 0 unspecified atom stereocenters. The van der Waals surface area contributed by atoms with Crippen molar-refractivity contribution in [2.45, 2.75) is 59.9 Å². The lowest BCUT2D eigenvalue weighted by Crippen LogP contribution is -2.29. The molecule has 0 saturated carbocycles. The summed E-state index contributed by atoms with van der Waals surface area (Å²) in [6.07, 6.45) is 3.84. The zero-order valence-corrected chi connectivity index (χ0v) is 23.0. The number of hydrogen-bond donors (Lipinski definition) is 1. The lowest BCUT2D eigenvalue weighted by Gasteiger charge is -2.12. The Morgan fingerprint density at radius 1 is 0.868 bits per heavy atom. The van der Waals surface area contributed by atoms with Crippen molar-refractivity contribution in [3.05, 3.63) is 88.7 Å². The van der Waals surface area contributed by atoms with E-state index in [4.69, 9.17) is 14.5 Å². The number of ether oxygens (including phenoxy) is 2. The van der Waals surface area contributed by atoms with Gasteiger partial charge in [0.2, 0.25) is 0 Å². The summed E-state index contributed by atoms with van der Waals surface area (Å²) in [6, 6.07) is 20.6. The average Bonchev–Trinajstić information content (AvgIpc) is 3.23. The van der Waals surface area contributed by atoms with E-state index < -0.39 is 0 Å². The van der Waals surface area contributed by atoms with Crippen molar-refractivity contribution in [3.8, 4) is 11.5 Å². The third kappa shape index (κ3) is 7.60. The lowest BCUT2D eigenvalue weighted by molar-refractivity contribution is -0.123. The number of imidazole rings is 1. The number of benzene rings is 3. The fourth-order valence-electron chi connectivity index (χ4n) is 4.71. The van der Waals surface area contributed by atoms with E-state index in [1.54, 1.807) is 0 Å². The zero-order chi connectivity index (χ0) is 26.9. The first-order valence-corrected chi connectivity index (χ1v) is 13.5. The molecule has 0 saturated heterocycles. The second-order valence-corrected chi connectivity index (χ2v) is 10.1. The van der Waals surface area contributed by atoms with Gasteiger partial charge in [0, 0.05) is 13.0 Å². The predicted molar refractivity (Wildman–Crippen MR) is 153 cm³/mol. The Kier molecular flexibility index (Phi) is 9.41. The molecule has 3 aromatic carbocycles. The Bertz CT molecular complexity index is 1360. The zero-order valence-electron chi connectivity index (χ0n) is 23.0. The minimum absolute atomic E-state index is 0.0402. The average molecular weight is 514 g/mol. The monoisotopic (exact) mass is 513 g/mol. The van der Waals surface area contributed by atoms with Crippen molar-refractivity contribution in [3.63, 3.8) is 0 Å². The Hall–Kier alpha value is -3.80. The maximum Gasteiger partial charge on any atom is 0.257 e. The smallest absolute Gasteiger partial charge is 0.257 e. The summed E-state index contributed by atoms with van der Waals surface area (Å²) >= 11 is 0. The first-order chi connectivity index (χ1) is 18.4. The molecule has 200 valence electrons. The van der Waals surface area contributed by atoms with Gasteiger partial charge in [0.15, 0.2) is 6.61 Å². The van der Waals surface area contributed by atoms with Crippen molar-refractivity contribution in [2.75, 3.05) is 19.8 Å². The number of rotatable bonds is 13. The maximum atomic E-state index is 12.2. The summed E-state index contributed by atoms with van der Waals surface area (Å²) in [6.45, 7) is 10.2. The molecule has 0 radical (unpaired) electrons. The van der Waals surface area contributed by atoms with Crippen LogP contribution in [0.4, 0.5) is 0 Å². The van der Waals surface area contributed by atoms with E-state index >= 15 is 0 Å². The van der Waals surface area contributed by atoms with Gasteiger partial charge in [0.25, 0.3) is 5.91 Å². The van der Waals surface area contributed by atoms with Gasteiger partial charge in [0.1, 0.15) is 23.9 Å². The lowest BCUT2D eigenvalue weighted by atomic mass is 10.1. The van der Waals surface area contributed by atoms with E-state index in [1.807, 2.05) is 38.1 Å². The molecule has 0 bridgehead atoms. The van der Waals surface area contributed by atoms with Gasteiger partial charge in [-0.1, -0.05) is 36.8 Å². The van der Waals surface area contributed by atoms with Crippen LogP contribution in [0.3, 0.4) is 0 Å². The van der Waals surface area contributed by atoms with E-state index in [9.17, 15) is 4.79 Å². The predicted octanol–water partition coefficient (Wildman–Crippen LogP) is 6.26. The first kappa shape index (κ1) is 27.2. The van der Waals surface area contributed by atoms with Gasteiger partial charge in [-0.3, -0.25) is 4.79 Å². The van der Waals surface area contributed by atoms with Crippen LogP contribution in [0.25, 0.3) is 11.0 Å². The molecule has 0 fully saturated rings. The largest absolute Gasteiger partial charge is 0.492 e. The van der Waals surface area contributed by atoms with Crippen LogP contribution in [0.5, 0.6) is 11.5 Å². The summed E-state index contributed by atoms with van der Waals surface area (Å²) < 4.78 is 14.1. The van der Waals surface area contributed by atoms with Crippen molar-refractivity contribution in [1.82, 2.24) is 14.9 Å². The molecule has 38 heavy (non-hydrogen) atoms. The quantitative estimate of drug-likeness (QED) is 0.214. The van der Waals surface area contributed by atoms with E-state index in [2.05, 4.69) is 60.1 Å². The number of para-hydroxylation sites is 2. The molecule has 4 rings (SSSR count). The number of aryl methyl sites for hydroxylation is 5. The molecule has 0 atom stereocenters. The van der Waals surface area contributed by atoms with E-state index in [1.165, 1.54) is 11.1 Å². The number of unbranched alkanes of at least 4 members (excludes halogenated alkanes) is 2. The number of aromatic nitrogens is 2. The second-order valence-electron chi connectivity index (χ2n) is 10.1. The fourth-order valence-corrected chi connectivity index (χ4v) is 4.71. The summed E-state index contributed by atoms with van der Waals surface area (Å²) in [4.78, 5) is 17.1. The Morgan fingerprint density at radius 3 is 2.47 bits per heavy atom. The Balaban J connectivity index is 1.22. The van der Waals surface area contributed by atoms with Crippen LogP contribution in [0.2, 0.25) is 0 Å². The van der Waals surface area contributed by atoms with Crippen LogP contribution >= 0.6 is 0 Å². The minimum atomic E-state index is -0.0866. The molecule has 6 nitrogen and oxygen atoms in total. The molecule has 1 amide bonds. The molecule has 0 aliphatic heterocycles. The van der Waals surface area contributed by atoms with Crippen molar-refractivity contribution in [2.24, 2.45) is 0 Å². The van der Waals surface area contributed by atoms with Gasteiger partial charge < -0.3 is 19.4 Å². The molecular formula is C32H39N3O3. The molecule has 1 aromatic heterocycles. The highest BCUT2D eigenvalue weighted by atomic mass is 16.5. The summed E-state index contributed by atoms with van der Waals surface area (Å²) in [7, 11) is 0. The van der Waals surface area contributed by atoms with Gasteiger partial charge in [-0.15, -0.1) is 0 Å². The number of carbonyl (C=O) groups is 1. The van der Waals surface area contributed by atoms with Crippen molar-refractivity contribution in [1.29, 1.82) is 0 Å². The fraction of sp³-hybridized carbons (Fsp3) is 0.375. The van der Waals surface area contributed by atoms with Crippen molar-refractivity contribution < 1.29 is 14.3 Å². The van der Waals surface area contributed by atoms with Crippen LogP contribution in [-0.2, 0) is 17.8 Å². The molecule has 4 aromatic rings. The molecule has 1 heterocycles. The third-order valence-electron chi connectivity index (χ3n) is 6.61. The number of fused-ring (bicyclic) bond motifs is 1. The second kappa shape index (κ2) is 13.1. The first-order valence-electron chi connectivity index (χ1n) is 13.5. The van der Waals surface area contributed by atoms with Crippen LogP contribution in [-0.4, -0.2) is 35.2 Å². The van der Waals surface area contributed by atoms with Crippen LogP contribution < -0.4 is 14.8 Å². The van der Waals surface area contributed by atoms with Crippen molar-refractivity contribution >= 4 is 16.9 Å². The van der Waals surface area contributed by atoms with E-state index in [-0.39, 0.29) is 12.5 Å². The number of nitrogens with one attached hydrogen (secondary N) is 1. The Morgan fingerprint density at radius 2 is 1.66 bits per heavy atom. The highest BCUT2D eigenvalue weighted by Gasteiger charge is 2.11. The summed E-state index contributed by atoms with van der Waals surface area (Å²) in [5, 5.41) is 2.97. The van der Waals surface area contributed by atoms with E-state index in [0.29, 0.717) is 13.2 Å². The van der Waals surface area contributed by atoms with Gasteiger partial charge in [-0.05, 0) is 93.1 Å². The highest BCUT2D eigenvalue weighted by Crippen LogP contribution is 2.20. The molecule has 0 aliphatic carbocycles. The molecular weight excluding hydrogens is 474 g/mol. The minimum Gasteiger partial charge on any atom is -0.492 e. The highest BCUT2D eigenvalue weighted by molar-refractivity contribution is 5.77. The molecule has 6 heteroatoms. The number of amides is 1. The number of nitrogens with zero attached hydrogens (tertiary/aromatic N) is 2. The normalized spacial score (nSPS) is 11.1. The van der Waals surface area contributed by atoms with Gasteiger partial charge in [0.05, 0.1) is 17.6 Å². The van der Waals surface area contributed by atoms with Gasteiger partial charge >= 0.3 is 0 Å². The van der Waals surface area contributed by atoms with E-state index in [0.717, 1.165) is 71.7 Å². The standard InChI is InChI=1S/C32H39N3O3/c1-23-13-14-26(4)30(21-23)38-22-32(36)33-15-9-5-6-12-31-34-28-10-7-8-11-29(28)35(31)16-17-37-27-19-24(2)18-25(3)20-27/h7-8,10-11,13-14,18-21H,5-6,9,12,15-17,22H2,1-4H3,(H,33,36). The summed E-state index contributed by atoms with van der Waals surface area (Å²) in [5.41, 5.74) is 6.73. The molecule has 1 N–H and O–H groups in total.